The Morgan fingerprint density at radius 2 is 1.72 bits per heavy atom. The molecule has 0 radical (unpaired) electrons. The van der Waals surface area contributed by atoms with Crippen LogP contribution in [-0.4, -0.2) is 24.3 Å². The first kappa shape index (κ1) is 21.3. The van der Waals surface area contributed by atoms with E-state index in [1.165, 1.54) is 34.6 Å². The number of hydrogen-bond acceptors (Lipinski definition) is 4. The number of thiophene rings is 1. The van der Waals surface area contributed by atoms with Crippen LogP contribution in [0.3, 0.4) is 0 Å². The molecule has 3 amide bonds. The van der Waals surface area contributed by atoms with Crippen LogP contribution in [0, 0.1) is 0 Å². The lowest BCUT2D eigenvalue weighted by molar-refractivity contribution is -0.121. The van der Waals surface area contributed by atoms with E-state index in [-0.39, 0.29) is 24.1 Å². The monoisotopic (exact) mass is 433 g/mol. The third kappa shape index (κ3) is 6.30. The van der Waals surface area contributed by atoms with E-state index in [4.69, 9.17) is 11.6 Å². The van der Waals surface area contributed by atoms with Gasteiger partial charge in [-0.15, -0.1) is 11.3 Å². The second kappa shape index (κ2) is 10.4. The Morgan fingerprint density at radius 1 is 0.966 bits per heavy atom. The number of benzene rings is 1. The van der Waals surface area contributed by atoms with Gasteiger partial charge in [-0.05, 0) is 68.0 Å². The molecule has 0 unspecified atom stereocenters. The molecule has 1 aliphatic rings. The third-order valence-corrected chi connectivity index (χ3v) is 6.25. The predicted octanol–water partition coefficient (Wildman–Crippen LogP) is 3.64. The van der Waals surface area contributed by atoms with Crippen molar-refractivity contribution in [2.75, 3.05) is 6.54 Å². The maximum Gasteiger partial charge on any atom is 0.279 e. The number of nitrogens with one attached hydrogen (secondary N) is 3. The second-order valence-corrected chi connectivity index (χ2v) is 8.56. The zero-order valence-corrected chi connectivity index (χ0v) is 17.6. The number of carbonyl (C=O) groups is 3. The number of rotatable bonds is 6. The summed E-state index contributed by atoms with van der Waals surface area (Å²) in [5, 5.41) is 3.32. The van der Waals surface area contributed by atoms with Crippen molar-refractivity contribution in [3.05, 3.63) is 56.2 Å². The van der Waals surface area contributed by atoms with Crippen LogP contribution in [0.1, 0.15) is 62.6 Å². The molecule has 1 aliphatic carbocycles. The van der Waals surface area contributed by atoms with Crippen molar-refractivity contribution in [3.63, 3.8) is 0 Å². The van der Waals surface area contributed by atoms with E-state index in [1.54, 1.807) is 24.3 Å². The minimum Gasteiger partial charge on any atom is -0.352 e. The molecule has 0 saturated carbocycles. The van der Waals surface area contributed by atoms with Crippen LogP contribution in [0.2, 0.25) is 5.02 Å². The molecule has 0 aliphatic heterocycles. The summed E-state index contributed by atoms with van der Waals surface area (Å²) >= 11 is 7.31. The summed E-state index contributed by atoms with van der Waals surface area (Å²) in [5.41, 5.74) is 6.70. The third-order valence-electron chi connectivity index (χ3n) is 4.76. The highest BCUT2D eigenvalue weighted by Gasteiger charge is 2.16. The van der Waals surface area contributed by atoms with Gasteiger partial charge in [0.05, 0.1) is 4.88 Å². The molecule has 154 valence electrons. The molecule has 6 nitrogen and oxygen atoms in total. The van der Waals surface area contributed by atoms with Gasteiger partial charge >= 0.3 is 0 Å². The van der Waals surface area contributed by atoms with E-state index in [0.29, 0.717) is 28.4 Å². The summed E-state index contributed by atoms with van der Waals surface area (Å²) in [5.74, 6) is -0.794. The molecule has 3 N–H and O–H groups in total. The number of carbonyl (C=O) groups excluding carboxylic acids is 3. The van der Waals surface area contributed by atoms with Crippen LogP contribution in [-0.2, 0) is 17.6 Å². The van der Waals surface area contributed by atoms with Gasteiger partial charge in [-0.2, -0.15) is 0 Å². The standard InChI is InChI=1S/C21H24ClN3O3S/c22-16-10-8-14(9-11-16)20(27)23-12-4-7-19(26)24-25-21(28)18-13-15-5-2-1-3-6-17(15)29-18/h8-11,13H,1-7,12H2,(H,23,27)(H,24,26)(H,25,28). The molecule has 2 aromatic rings. The zero-order chi connectivity index (χ0) is 20.6. The fourth-order valence-corrected chi connectivity index (χ4v) is 4.46. The Hall–Kier alpha value is -2.38. The number of halogens is 1. The van der Waals surface area contributed by atoms with E-state index < -0.39 is 0 Å². The Labute approximate surface area is 179 Å². The van der Waals surface area contributed by atoms with Gasteiger partial charge in [0.1, 0.15) is 0 Å². The highest BCUT2D eigenvalue weighted by molar-refractivity contribution is 7.14. The summed E-state index contributed by atoms with van der Waals surface area (Å²) < 4.78 is 0. The van der Waals surface area contributed by atoms with E-state index in [2.05, 4.69) is 16.2 Å². The number of amides is 3. The summed E-state index contributed by atoms with van der Waals surface area (Å²) in [7, 11) is 0. The van der Waals surface area contributed by atoms with Crippen molar-refractivity contribution in [1.82, 2.24) is 16.2 Å². The van der Waals surface area contributed by atoms with Crippen LogP contribution >= 0.6 is 22.9 Å². The molecule has 1 aromatic heterocycles. The predicted molar refractivity (Wildman–Crippen MR) is 114 cm³/mol. The lowest BCUT2D eigenvalue weighted by Crippen LogP contribution is -2.41. The lowest BCUT2D eigenvalue weighted by atomic mass is 10.1. The summed E-state index contributed by atoms with van der Waals surface area (Å²) in [4.78, 5) is 38.1. The first-order valence-electron chi connectivity index (χ1n) is 9.77. The summed E-state index contributed by atoms with van der Waals surface area (Å²) in [6, 6.07) is 8.53. The molecular formula is C21H24ClN3O3S. The molecule has 1 aromatic carbocycles. The molecule has 0 atom stereocenters. The largest absolute Gasteiger partial charge is 0.352 e. The quantitative estimate of drug-likeness (QED) is 0.369. The van der Waals surface area contributed by atoms with Crippen LogP contribution in [0.15, 0.2) is 30.3 Å². The topological polar surface area (TPSA) is 87.3 Å². The number of hydrazine groups is 1. The number of hydrogen-bond donors (Lipinski definition) is 3. The first-order valence-corrected chi connectivity index (χ1v) is 11.0. The molecule has 0 bridgehead atoms. The highest BCUT2D eigenvalue weighted by atomic mass is 35.5. The molecular weight excluding hydrogens is 410 g/mol. The average molecular weight is 434 g/mol. The van der Waals surface area contributed by atoms with Gasteiger partial charge in [0, 0.05) is 28.4 Å². The minimum atomic E-state index is -0.294. The Morgan fingerprint density at radius 3 is 2.52 bits per heavy atom. The highest BCUT2D eigenvalue weighted by Crippen LogP contribution is 2.28. The van der Waals surface area contributed by atoms with Crippen LogP contribution in [0.5, 0.6) is 0 Å². The first-order chi connectivity index (χ1) is 14.0. The SMILES string of the molecule is O=C(CCCNC(=O)c1ccc(Cl)cc1)NNC(=O)c1cc2c(s1)CCCCC2. The Balaban J connectivity index is 1.35. The van der Waals surface area contributed by atoms with E-state index in [0.717, 1.165) is 19.3 Å². The van der Waals surface area contributed by atoms with Crippen LogP contribution in [0.25, 0.3) is 0 Å². The van der Waals surface area contributed by atoms with Crippen molar-refractivity contribution in [3.8, 4) is 0 Å². The Bertz CT molecular complexity index is 856. The summed E-state index contributed by atoms with van der Waals surface area (Å²) in [6.45, 7) is 0.362. The fraction of sp³-hybridized carbons (Fsp3) is 0.381. The van der Waals surface area contributed by atoms with E-state index in [9.17, 15) is 14.4 Å². The van der Waals surface area contributed by atoms with Gasteiger partial charge < -0.3 is 5.32 Å². The van der Waals surface area contributed by atoms with Crippen molar-refractivity contribution in [2.24, 2.45) is 0 Å². The summed E-state index contributed by atoms with van der Waals surface area (Å²) in [6.07, 6.45) is 6.28. The normalized spacial score (nSPS) is 13.1. The minimum absolute atomic E-state index is 0.197. The molecule has 0 spiro atoms. The molecule has 0 saturated heterocycles. The second-order valence-electron chi connectivity index (χ2n) is 6.99. The van der Waals surface area contributed by atoms with Crippen molar-refractivity contribution in [2.45, 2.75) is 44.9 Å². The van der Waals surface area contributed by atoms with Crippen molar-refractivity contribution >= 4 is 40.7 Å². The van der Waals surface area contributed by atoms with Gasteiger partial charge in [-0.1, -0.05) is 18.0 Å². The zero-order valence-electron chi connectivity index (χ0n) is 16.1. The molecule has 8 heteroatoms. The van der Waals surface area contributed by atoms with Crippen molar-refractivity contribution < 1.29 is 14.4 Å². The lowest BCUT2D eigenvalue weighted by Gasteiger charge is -2.07. The van der Waals surface area contributed by atoms with E-state index in [1.807, 2.05) is 6.07 Å². The van der Waals surface area contributed by atoms with Gasteiger partial charge in [0.25, 0.3) is 11.8 Å². The molecule has 0 fully saturated rings. The van der Waals surface area contributed by atoms with Crippen LogP contribution in [0.4, 0.5) is 0 Å². The smallest absolute Gasteiger partial charge is 0.279 e. The molecule has 29 heavy (non-hydrogen) atoms. The van der Waals surface area contributed by atoms with Gasteiger partial charge in [0.15, 0.2) is 0 Å². The fourth-order valence-electron chi connectivity index (χ4n) is 3.18. The van der Waals surface area contributed by atoms with Crippen molar-refractivity contribution in [1.29, 1.82) is 0 Å². The van der Waals surface area contributed by atoms with Gasteiger partial charge in [-0.25, -0.2) is 0 Å². The maximum atomic E-state index is 12.3. The number of fused-ring (bicyclic) bond motifs is 1. The molecule has 1 heterocycles. The van der Waals surface area contributed by atoms with E-state index >= 15 is 0 Å². The average Bonchev–Trinajstić information content (AvgIpc) is 3.00. The molecule has 3 rings (SSSR count). The van der Waals surface area contributed by atoms with Crippen LogP contribution < -0.4 is 16.2 Å². The maximum absolute atomic E-state index is 12.3. The number of aryl methyl sites for hydroxylation is 2. The van der Waals surface area contributed by atoms with Gasteiger partial charge in [-0.3, -0.25) is 25.2 Å². The Kier molecular flexibility index (Phi) is 7.66. The van der Waals surface area contributed by atoms with Gasteiger partial charge in [0.2, 0.25) is 5.91 Å².